The Balaban J connectivity index is 1.94. The minimum Gasteiger partial charge on any atom is -0.311 e. The highest BCUT2D eigenvalue weighted by molar-refractivity contribution is 7.09. The van der Waals surface area contributed by atoms with E-state index in [-0.39, 0.29) is 0 Å². The van der Waals surface area contributed by atoms with E-state index < -0.39 is 12.7 Å². The molecule has 0 bridgehead atoms. The first-order valence-electron chi connectivity index (χ1n) is 4.58. The maximum absolute atomic E-state index is 11.7. The van der Waals surface area contributed by atoms with Crippen molar-refractivity contribution >= 4 is 11.3 Å². The molecule has 1 aromatic heterocycles. The fourth-order valence-corrected chi connectivity index (χ4v) is 1.71. The molecule has 15 heavy (non-hydrogen) atoms. The zero-order valence-electron chi connectivity index (χ0n) is 8.10. The van der Waals surface area contributed by atoms with Gasteiger partial charge in [0.15, 0.2) is 0 Å². The molecule has 86 valence electrons. The predicted octanol–water partition coefficient (Wildman–Crippen LogP) is 1.99. The molecule has 0 amide bonds. The molecule has 2 N–H and O–H groups in total. The molecule has 0 unspecified atom stereocenters. The van der Waals surface area contributed by atoms with Gasteiger partial charge in [0, 0.05) is 24.5 Å². The summed E-state index contributed by atoms with van der Waals surface area (Å²) in [6.07, 6.45) is -4.12. The molecule has 0 saturated heterocycles. The standard InChI is InChI=1S/C9H13F3N2S/c10-9(11,12)7-14-4-3-13-6-8-2-1-5-15-8/h1-2,5,13-14H,3-4,6-7H2. The summed E-state index contributed by atoms with van der Waals surface area (Å²) >= 11 is 1.63. The number of halogens is 3. The second kappa shape index (κ2) is 6.09. The second-order valence-corrected chi connectivity index (χ2v) is 4.08. The lowest BCUT2D eigenvalue weighted by molar-refractivity contribution is -0.124. The highest BCUT2D eigenvalue weighted by Crippen LogP contribution is 2.11. The summed E-state index contributed by atoms with van der Waals surface area (Å²) in [7, 11) is 0. The van der Waals surface area contributed by atoms with Crippen LogP contribution in [0.25, 0.3) is 0 Å². The minimum atomic E-state index is -4.12. The lowest BCUT2D eigenvalue weighted by Crippen LogP contribution is -2.33. The number of hydrogen-bond donors (Lipinski definition) is 2. The Hall–Kier alpha value is -0.590. The molecule has 0 fully saturated rings. The molecule has 1 rings (SSSR count). The summed E-state index contributed by atoms with van der Waals surface area (Å²) in [5, 5.41) is 7.35. The van der Waals surface area contributed by atoms with Crippen molar-refractivity contribution in [1.82, 2.24) is 10.6 Å². The van der Waals surface area contributed by atoms with Crippen molar-refractivity contribution in [3.05, 3.63) is 22.4 Å². The molecule has 0 saturated carbocycles. The van der Waals surface area contributed by atoms with E-state index in [0.717, 1.165) is 0 Å². The van der Waals surface area contributed by atoms with Gasteiger partial charge in [0.25, 0.3) is 0 Å². The van der Waals surface area contributed by atoms with Gasteiger partial charge in [-0.2, -0.15) is 13.2 Å². The van der Waals surface area contributed by atoms with Gasteiger partial charge >= 0.3 is 6.18 Å². The van der Waals surface area contributed by atoms with E-state index in [1.165, 1.54) is 4.88 Å². The molecule has 0 radical (unpaired) electrons. The van der Waals surface area contributed by atoms with E-state index in [9.17, 15) is 13.2 Å². The maximum Gasteiger partial charge on any atom is 0.401 e. The Kier molecular flexibility index (Phi) is 5.07. The van der Waals surface area contributed by atoms with Crippen LogP contribution in [0.5, 0.6) is 0 Å². The summed E-state index contributed by atoms with van der Waals surface area (Å²) in [5.41, 5.74) is 0. The van der Waals surface area contributed by atoms with Crippen molar-refractivity contribution in [3.63, 3.8) is 0 Å². The van der Waals surface area contributed by atoms with Crippen LogP contribution in [-0.2, 0) is 6.54 Å². The largest absolute Gasteiger partial charge is 0.401 e. The van der Waals surface area contributed by atoms with Crippen LogP contribution < -0.4 is 10.6 Å². The van der Waals surface area contributed by atoms with Gasteiger partial charge in [-0.05, 0) is 11.4 Å². The summed E-state index contributed by atoms with van der Waals surface area (Å²) in [6, 6.07) is 3.93. The Labute approximate surface area is 90.5 Å². The highest BCUT2D eigenvalue weighted by Gasteiger charge is 2.25. The van der Waals surface area contributed by atoms with Crippen molar-refractivity contribution in [3.8, 4) is 0 Å². The van der Waals surface area contributed by atoms with Crippen LogP contribution in [0.2, 0.25) is 0 Å². The van der Waals surface area contributed by atoms with Crippen molar-refractivity contribution in [1.29, 1.82) is 0 Å². The molecule has 2 nitrogen and oxygen atoms in total. The molecule has 0 aliphatic heterocycles. The molecule has 0 aliphatic carbocycles. The Morgan fingerprint density at radius 1 is 1.20 bits per heavy atom. The highest BCUT2D eigenvalue weighted by atomic mass is 32.1. The van der Waals surface area contributed by atoms with Crippen molar-refractivity contribution in [2.24, 2.45) is 0 Å². The summed E-state index contributed by atoms with van der Waals surface area (Å²) < 4.78 is 35.1. The van der Waals surface area contributed by atoms with Crippen LogP contribution in [0, 0.1) is 0 Å². The quantitative estimate of drug-likeness (QED) is 0.741. The van der Waals surface area contributed by atoms with Gasteiger partial charge in [-0.3, -0.25) is 0 Å². The maximum atomic E-state index is 11.7. The molecule has 0 atom stereocenters. The minimum absolute atomic E-state index is 0.324. The fraction of sp³-hybridized carbons (Fsp3) is 0.556. The van der Waals surface area contributed by atoms with Crippen LogP contribution >= 0.6 is 11.3 Å². The molecule has 0 aromatic carbocycles. The van der Waals surface area contributed by atoms with E-state index >= 15 is 0 Å². The number of alkyl halides is 3. The van der Waals surface area contributed by atoms with Crippen molar-refractivity contribution < 1.29 is 13.2 Å². The molecule has 0 aliphatic rings. The van der Waals surface area contributed by atoms with Gasteiger partial charge in [-0.15, -0.1) is 11.3 Å². The molecule has 0 spiro atoms. The third-order valence-corrected chi connectivity index (χ3v) is 2.56. The van der Waals surface area contributed by atoms with Crippen LogP contribution in [0.15, 0.2) is 17.5 Å². The lowest BCUT2D eigenvalue weighted by Gasteiger charge is -2.08. The van der Waals surface area contributed by atoms with Gasteiger partial charge in [-0.1, -0.05) is 6.07 Å². The van der Waals surface area contributed by atoms with Crippen LogP contribution in [0.3, 0.4) is 0 Å². The van der Waals surface area contributed by atoms with Crippen molar-refractivity contribution in [2.75, 3.05) is 19.6 Å². The topological polar surface area (TPSA) is 24.1 Å². The SMILES string of the molecule is FC(F)(F)CNCCNCc1cccs1. The number of nitrogens with one attached hydrogen (secondary N) is 2. The average molecular weight is 238 g/mol. The van der Waals surface area contributed by atoms with Crippen LogP contribution in [-0.4, -0.2) is 25.8 Å². The molecular formula is C9H13F3N2S. The Bertz CT molecular complexity index is 259. The molecule has 6 heteroatoms. The zero-order valence-corrected chi connectivity index (χ0v) is 8.92. The van der Waals surface area contributed by atoms with Gasteiger partial charge in [0.1, 0.15) is 0 Å². The normalized spacial score (nSPS) is 11.9. The molecule has 1 aromatic rings. The monoisotopic (exact) mass is 238 g/mol. The van der Waals surface area contributed by atoms with Crippen LogP contribution in [0.4, 0.5) is 13.2 Å². The first kappa shape index (κ1) is 12.5. The lowest BCUT2D eigenvalue weighted by atomic mass is 10.4. The van der Waals surface area contributed by atoms with E-state index in [2.05, 4.69) is 10.6 Å². The fourth-order valence-electron chi connectivity index (χ4n) is 1.03. The Morgan fingerprint density at radius 2 is 1.93 bits per heavy atom. The van der Waals surface area contributed by atoms with Gasteiger partial charge in [0.2, 0.25) is 0 Å². The van der Waals surface area contributed by atoms with Gasteiger partial charge < -0.3 is 10.6 Å². The Morgan fingerprint density at radius 3 is 2.53 bits per heavy atom. The van der Waals surface area contributed by atoms with Gasteiger partial charge in [0.05, 0.1) is 6.54 Å². The van der Waals surface area contributed by atoms with E-state index in [1.54, 1.807) is 11.3 Å². The predicted molar refractivity (Wildman–Crippen MR) is 55.0 cm³/mol. The van der Waals surface area contributed by atoms with E-state index in [1.807, 2.05) is 17.5 Å². The first-order valence-corrected chi connectivity index (χ1v) is 5.46. The molecular weight excluding hydrogens is 225 g/mol. The summed E-state index contributed by atoms with van der Waals surface area (Å²) in [6.45, 7) is 0.651. The van der Waals surface area contributed by atoms with Gasteiger partial charge in [-0.25, -0.2) is 0 Å². The smallest absolute Gasteiger partial charge is 0.311 e. The van der Waals surface area contributed by atoms with Crippen LogP contribution in [0.1, 0.15) is 4.88 Å². The number of hydrogen-bond acceptors (Lipinski definition) is 3. The second-order valence-electron chi connectivity index (χ2n) is 3.05. The third-order valence-electron chi connectivity index (χ3n) is 1.68. The summed E-state index contributed by atoms with van der Waals surface area (Å²) in [5.74, 6) is 0. The zero-order chi connectivity index (χ0) is 11.1. The first-order chi connectivity index (χ1) is 7.08. The van der Waals surface area contributed by atoms with E-state index in [4.69, 9.17) is 0 Å². The average Bonchev–Trinajstić information content (AvgIpc) is 2.61. The molecule has 1 heterocycles. The van der Waals surface area contributed by atoms with Crippen molar-refractivity contribution in [2.45, 2.75) is 12.7 Å². The summed E-state index contributed by atoms with van der Waals surface area (Å²) in [4.78, 5) is 1.19. The number of rotatable bonds is 6. The van der Waals surface area contributed by atoms with E-state index in [0.29, 0.717) is 19.6 Å². The third kappa shape index (κ3) is 6.48. The number of thiophene rings is 1.